The molecule has 4 amide bonds. The van der Waals surface area contributed by atoms with Gasteiger partial charge >= 0.3 is 6.09 Å². The van der Waals surface area contributed by atoms with E-state index < -0.39 is 69.8 Å². The molecule has 2 unspecified atom stereocenters. The van der Waals surface area contributed by atoms with Crippen molar-refractivity contribution in [2.45, 2.75) is 92.0 Å². The zero-order valence-electron chi connectivity index (χ0n) is 30.8. The van der Waals surface area contributed by atoms with Crippen molar-refractivity contribution in [2.24, 2.45) is 5.92 Å². The van der Waals surface area contributed by atoms with Gasteiger partial charge in [-0.05, 0) is 67.1 Å². The van der Waals surface area contributed by atoms with Crippen LogP contribution >= 0.6 is 22.7 Å². The fraction of sp³-hybridized carbons (Fsp3) is 0.436. The molecule has 3 N–H and O–H groups in total. The molecule has 15 nitrogen and oxygen atoms in total. The largest absolute Gasteiger partial charge is 0.471 e. The normalized spacial score (nSPS) is 27.3. The molecule has 1 saturated carbocycles. The maximum Gasteiger partial charge on any atom is 0.410 e. The Kier molecular flexibility index (Phi) is 11.3. The molecular formula is C39H42N6O9S3. The molecule has 0 spiro atoms. The first-order valence-corrected chi connectivity index (χ1v) is 22.3. The van der Waals surface area contributed by atoms with Gasteiger partial charge < -0.3 is 29.7 Å². The number of fused-ring (bicyclic) bond motifs is 3. The number of hydrogen-bond acceptors (Lipinski definition) is 13. The molecule has 3 aromatic heterocycles. The van der Waals surface area contributed by atoms with Crippen LogP contribution in [0.2, 0.25) is 0 Å². The summed E-state index contributed by atoms with van der Waals surface area (Å²) >= 11 is 2.43. The third-order valence-electron chi connectivity index (χ3n) is 10.6. The Hall–Kier alpha value is -4.91. The number of aromatic nitrogens is 2. The summed E-state index contributed by atoms with van der Waals surface area (Å²) in [5.74, 6) is -2.30. The molecule has 18 heteroatoms. The third-order valence-corrected chi connectivity index (χ3v) is 14.2. The van der Waals surface area contributed by atoms with Crippen LogP contribution in [0.3, 0.4) is 0 Å². The molecule has 57 heavy (non-hydrogen) atoms. The molecule has 2 saturated heterocycles. The summed E-state index contributed by atoms with van der Waals surface area (Å²) in [5.41, 5.74) is 0.200. The standard InChI is InChI=1S/C39H42N6O9S3/c46-34-29-21-25(53-35-33(30-15-9-19-55-30)40-26-12-6-7-13-27(26)41-35)23-45(29)36(47)28(42-38(49)54-31-16-8-18-52-31)14-5-3-1-2-4-11-24-22-39(24,43-34)37(48)44-57(50,51)32-17-10-20-56-32/h4,6-7,9-13,15,17,19-20,24-25,28-29,31H,1-3,5,8,14,16,18,21-23H2,(H,42,49)(H,43,46)(H,44,48)/b11-4-/t24?,25-,28+,29+,31?,39-/m1/s1. The Morgan fingerprint density at radius 1 is 0.965 bits per heavy atom. The highest BCUT2D eigenvalue weighted by molar-refractivity contribution is 7.92. The molecule has 1 aromatic carbocycles. The molecule has 3 fully saturated rings. The SMILES string of the molecule is O=C(N[C@H]1CCCCC/C=C\C2C[C@@]2(C(=O)NS(=O)(=O)c2cccs2)NC(=O)[C@@H]2C[C@@H](Oc3nc4ccccc4nc3-c3cccs3)CN2C1=O)OC1CCCO1. The number of amides is 4. The number of para-hydroxylation sites is 2. The predicted octanol–water partition coefficient (Wildman–Crippen LogP) is 4.90. The number of hydrogen-bond donors (Lipinski definition) is 3. The summed E-state index contributed by atoms with van der Waals surface area (Å²) in [6.07, 6.45) is 6.03. The van der Waals surface area contributed by atoms with Crippen molar-refractivity contribution >= 4 is 67.5 Å². The second-order valence-corrected chi connectivity index (χ2v) is 18.4. The number of allylic oxidation sites excluding steroid dienone is 1. The Labute approximate surface area is 337 Å². The van der Waals surface area contributed by atoms with Crippen LogP contribution in [0.4, 0.5) is 4.79 Å². The molecule has 4 aromatic rings. The molecule has 0 radical (unpaired) electrons. The van der Waals surface area contributed by atoms with E-state index in [1.165, 1.54) is 22.3 Å². The average Bonchev–Trinajstić information content (AvgIpc) is 3.89. The molecule has 0 bridgehead atoms. The molecule has 4 aliphatic rings. The highest BCUT2D eigenvalue weighted by Gasteiger charge is 2.61. The van der Waals surface area contributed by atoms with Crippen molar-refractivity contribution in [2.75, 3.05) is 13.2 Å². The van der Waals surface area contributed by atoms with Crippen LogP contribution in [0.25, 0.3) is 21.6 Å². The van der Waals surface area contributed by atoms with Crippen molar-refractivity contribution in [3.8, 4) is 16.5 Å². The topological polar surface area (TPSA) is 195 Å². The van der Waals surface area contributed by atoms with Crippen LogP contribution in [0, 0.1) is 5.92 Å². The van der Waals surface area contributed by atoms with E-state index in [9.17, 15) is 27.6 Å². The first-order chi connectivity index (χ1) is 27.6. The van der Waals surface area contributed by atoms with Gasteiger partial charge in [-0.2, -0.15) is 0 Å². The minimum Gasteiger partial charge on any atom is -0.471 e. The van der Waals surface area contributed by atoms with Gasteiger partial charge in [0.2, 0.25) is 24.0 Å². The highest BCUT2D eigenvalue weighted by Crippen LogP contribution is 2.46. The maximum absolute atomic E-state index is 14.6. The van der Waals surface area contributed by atoms with E-state index in [0.717, 1.165) is 35.5 Å². The van der Waals surface area contributed by atoms with Crippen LogP contribution in [-0.4, -0.2) is 90.3 Å². The summed E-state index contributed by atoms with van der Waals surface area (Å²) in [6.45, 7) is 0.417. The van der Waals surface area contributed by atoms with E-state index in [1.54, 1.807) is 11.4 Å². The van der Waals surface area contributed by atoms with Gasteiger partial charge in [0.25, 0.3) is 15.9 Å². The zero-order valence-corrected chi connectivity index (χ0v) is 33.3. The van der Waals surface area contributed by atoms with Gasteiger partial charge in [-0.25, -0.2) is 27.9 Å². The average molecular weight is 835 g/mol. The second kappa shape index (κ2) is 16.5. The minimum atomic E-state index is -4.21. The lowest BCUT2D eigenvalue weighted by molar-refractivity contribution is -0.141. The number of carbonyl (C=O) groups excluding carboxylic acids is 4. The van der Waals surface area contributed by atoms with Gasteiger partial charge in [0.15, 0.2) is 0 Å². The zero-order chi connectivity index (χ0) is 39.6. The first-order valence-electron chi connectivity index (χ1n) is 19.1. The van der Waals surface area contributed by atoms with Crippen molar-refractivity contribution in [3.05, 3.63) is 71.4 Å². The lowest BCUT2D eigenvalue weighted by atomic mass is 10.0. The first kappa shape index (κ1) is 38.9. The van der Waals surface area contributed by atoms with E-state index in [0.29, 0.717) is 42.6 Å². The van der Waals surface area contributed by atoms with Crippen LogP contribution < -0.4 is 20.1 Å². The molecule has 6 heterocycles. The number of thiophene rings is 2. The van der Waals surface area contributed by atoms with Crippen molar-refractivity contribution in [1.82, 2.24) is 30.2 Å². The van der Waals surface area contributed by atoms with Gasteiger partial charge in [0.1, 0.15) is 33.6 Å². The van der Waals surface area contributed by atoms with Crippen molar-refractivity contribution in [3.63, 3.8) is 0 Å². The van der Waals surface area contributed by atoms with Gasteiger partial charge in [-0.15, -0.1) is 22.7 Å². The third kappa shape index (κ3) is 8.54. The van der Waals surface area contributed by atoms with Gasteiger partial charge in [0, 0.05) is 18.8 Å². The molecule has 1 aliphatic carbocycles. The quantitative estimate of drug-likeness (QED) is 0.205. The summed E-state index contributed by atoms with van der Waals surface area (Å²) in [5, 5.41) is 9.12. The fourth-order valence-corrected chi connectivity index (χ4v) is 10.3. The lowest BCUT2D eigenvalue weighted by Crippen LogP contribution is -2.58. The molecule has 6 atom stereocenters. The van der Waals surface area contributed by atoms with Crippen LogP contribution in [0.15, 0.2) is 75.7 Å². The fourth-order valence-electron chi connectivity index (χ4n) is 7.58. The van der Waals surface area contributed by atoms with Crippen LogP contribution in [0.1, 0.15) is 57.8 Å². The Morgan fingerprint density at radius 2 is 1.77 bits per heavy atom. The number of nitrogens with zero attached hydrogens (tertiary/aromatic N) is 3. The summed E-state index contributed by atoms with van der Waals surface area (Å²) in [4.78, 5) is 68.0. The number of sulfonamides is 1. The van der Waals surface area contributed by atoms with Crippen molar-refractivity contribution in [1.29, 1.82) is 0 Å². The predicted molar refractivity (Wildman–Crippen MR) is 211 cm³/mol. The molecule has 3 aliphatic heterocycles. The Morgan fingerprint density at radius 3 is 2.53 bits per heavy atom. The molecule has 300 valence electrons. The summed E-state index contributed by atoms with van der Waals surface area (Å²) in [6, 6.07) is 11.9. The summed E-state index contributed by atoms with van der Waals surface area (Å²) < 4.78 is 46.0. The lowest BCUT2D eigenvalue weighted by Gasteiger charge is -2.30. The van der Waals surface area contributed by atoms with E-state index in [-0.39, 0.29) is 35.9 Å². The number of benzene rings is 1. The number of ether oxygens (including phenoxy) is 3. The maximum atomic E-state index is 14.6. The Balaban J connectivity index is 1.11. The van der Waals surface area contributed by atoms with Crippen LogP contribution in [0.5, 0.6) is 5.88 Å². The monoisotopic (exact) mass is 834 g/mol. The van der Waals surface area contributed by atoms with Gasteiger partial charge in [0.05, 0.1) is 29.1 Å². The number of rotatable bonds is 8. The van der Waals surface area contributed by atoms with E-state index >= 15 is 0 Å². The smallest absolute Gasteiger partial charge is 0.410 e. The number of nitrogens with one attached hydrogen (secondary N) is 3. The van der Waals surface area contributed by atoms with E-state index in [4.69, 9.17) is 24.2 Å². The number of alkyl carbamates (subject to hydrolysis) is 1. The molecular weight excluding hydrogens is 793 g/mol. The van der Waals surface area contributed by atoms with E-state index in [2.05, 4.69) is 15.4 Å². The van der Waals surface area contributed by atoms with Gasteiger partial charge in [-0.1, -0.05) is 49.3 Å². The highest BCUT2D eigenvalue weighted by atomic mass is 32.2. The summed E-state index contributed by atoms with van der Waals surface area (Å²) in [7, 11) is -4.21. The molecule has 8 rings (SSSR count). The Bertz CT molecular complexity index is 2260. The minimum absolute atomic E-state index is 0.00867. The van der Waals surface area contributed by atoms with Crippen molar-refractivity contribution < 1.29 is 41.8 Å². The second-order valence-electron chi connectivity index (χ2n) is 14.6. The van der Waals surface area contributed by atoms with Crippen LogP contribution in [-0.2, 0) is 33.9 Å². The number of carbonyl (C=O) groups is 4. The van der Waals surface area contributed by atoms with E-state index in [1.807, 2.05) is 53.9 Å². The van der Waals surface area contributed by atoms with Gasteiger partial charge in [-0.3, -0.25) is 14.4 Å².